The normalized spacial score (nSPS) is 11.9. The van der Waals surface area contributed by atoms with Crippen molar-refractivity contribution in [3.8, 4) is 0 Å². The lowest BCUT2D eigenvalue weighted by Gasteiger charge is -2.03. The zero-order valence-corrected chi connectivity index (χ0v) is 7.31. The fourth-order valence-corrected chi connectivity index (χ4v) is 0.597. The largest absolute Gasteiger partial charge is 0.480 e. The third-order valence-corrected chi connectivity index (χ3v) is 1.32. The van der Waals surface area contributed by atoms with E-state index in [0.717, 1.165) is 0 Å². The number of ether oxygens (including phenoxy) is 1. The van der Waals surface area contributed by atoms with Crippen molar-refractivity contribution in [1.82, 2.24) is 5.32 Å². The number of aliphatic hydroxyl groups excluding tert-OH is 1. The fourth-order valence-electron chi connectivity index (χ4n) is 0.421. The molecule has 0 bridgehead atoms. The van der Waals surface area contributed by atoms with Gasteiger partial charge in [0.2, 0.25) is 0 Å². The van der Waals surface area contributed by atoms with Gasteiger partial charge in [-0.25, -0.2) is 0 Å². The van der Waals surface area contributed by atoms with E-state index in [2.05, 4.69) is 22.7 Å². The van der Waals surface area contributed by atoms with Crippen LogP contribution in [0.3, 0.4) is 0 Å². The summed E-state index contributed by atoms with van der Waals surface area (Å²) in [5, 5.41) is 11.2. The molecule has 0 radical (unpaired) electrons. The molecular weight excluding hydrogens is 166 g/mol. The Balaban J connectivity index is 4.26. The number of carbonyl (C=O) groups is 1. The Morgan fingerprint density at radius 2 is 2.27 bits per heavy atom. The number of amides is 1. The number of rotatable bonds is 3. The molecule has 0 aliphatic rings. The van der Waals surface area contributed by atoms with Crippen molar-refractivity contribution in [3.05, 3.63) is 10.9 Å². The van der Waals surface area contributed by atoms with E-state index in [-0.39, 0.29) is 4.91 Å². The number of carbonyl (C=O) groups excluding carboxylic acids is 1. The van der Waals surface area contributed by atoms with E-state index >= 15 is 0 Å². The summed E-state index contributed by atoms with van der Waals surface area (Å²) in [6, 6.07) is 0. The summed E-state index contributed by atoms with van der Waals surface area (Å²) in [5.41, 5.74) is 0. The average molecular weight is 177 g/mol. The van der Waals surface area contributed by atoms with Crippen LogP contribution < -0.4 is 5.32 Å². The fraction of sp³-hybridized carbons (Fsp3) is 0.500. The number of hydrogen-bond donors (Lipinski definition) is 3. The first-order valence-corrected chi connectivity index (χ1v) is 3.55. The van der Waals surface area contributed by atoms with Crippen molar-refractivity contribution in [2.24, 2.45) is 0 Å². The molecule has 0 unspecified atom stereocenters. The highest BCUT2D eigenvalue weighted by atomic mass is 32.1. The first-order chi connectivity index (χ1) is 5.13. The predicted octanol–water partition coefficient (Wildman–Crippen LogP) is 0.426. The van der Waals surface area contributed by atoms with Crippen LogP contribution in [0, 0.1) is 0 Å². The third-order valence-electron chi connectivity index (χ3n) is 0.926. The third kappa shape index (κ3) is 3.18. The second-order valence-electron chi connectivity index (χ2n) is 1.67. The first kappa shape index (κ1) is 10.2. The quantitative estimate of drug-likeness (QED) is 0.333. The monoisotopic (exact) mass is 177 g/mol. The van der Waals surface area contributed by atoms with Gasteiger partial charge in [0, 0.05) is 7.05 Å². The Bertz CT molecular complexity index is 179. The van der Waals surface area contributed by atoms with Gasteiger partial charge in [-0.05, 0) is 6.92 Å². The van der Waals surface area contributed by atoms with Crippen molar-refractivity contribution in [3.63, 3.8) is 0 Å². The van der Waals surface area contributed by atoms with Gasteiger partial charge in [0.05, 0.1) is 6.61 Å². The topological polar surface area (TPSA) is 58.6 Å². The smallest absolute Gasteiger partial charge is 0.296 e. The van der Waals surface area contributed by atoms with Gasteiger partial charge in [0.15, 0.2) is 0 Å². The lowest BCUT2D eigenvalue weighted by molar-refractivity contribution is -0.116. The maximum Gasteiger partial charge on any atom is 0.296 e. The first-order valence-electron chi connectivity index (χ1n) is 3.10. The molecule has 0 heterocycles. The van der Waals surface area contributed by atoms with Crippen LogP contribution in [0.4, 0.5) is 0 Å². The van der Waals surface area contributed by atoms with Crippen LogP contribution in [0.5, 0.6) is 0 Å². The molecule has 4 nitrogen and oxygen atoms in total. The minimum absolute atomic E-state index is 0.116. The molecule has 0 saturated heterocycles. The molecule has 64 valence electrons. The highest BCUT2D eigenvalue weighted by molar-refractivity contribution is 7.85. The minimum Gasteiger partial charge on any atom is -0.480 e. The summed E-state index contributed by atoms with van der Waals surface area (Å²) in [6.07, 6.45) is 0. The molecular formula is C6H11NO3S. The van der Waals surface area contributed by atoms with Crippen molar-refractivity contribution in [2.75, 3.05) is 13.7 Å². The summed E-state index contributed by atoms with van der Waals surface area (Å²) in [7, 11) is 1.44. The molecule has 11 heavy (non-hydrogen) atoms. The van der Waals surface area contributed by atoms with Gasteiger partial charge >= 0.3 is 0 Å². The lowest BCUT2D eigenvalue weighted by Crippen LogP contribution is -2.19. The summed E-state index contributed by atoms with van der Waals surface area (Å²) in [4.78, 5) is 10.6. The maximum absolute atomic E-state index is 10.7. The zero-order valence-electron chi connectivity index (χ0n) is 6.42. The Kier molecular flexibility index (Phi) is 4.52. The van der Waals surface area contributed by atoms with E-state index < -0.39 is 11.9 Å². The van der Waals surface area contributed by atoms with E-state index in [1.807, 2.05) is 0 Å². The van der Waals surface area contributed by atoms with Crippen molar-refractivity contribution in [2.45, 2.75) is 6.92 Å². The lowest BCUT2D eigenvalue weighted by atomic mass is 10.5. The van der Waals surface area contributed by atoms with E-state index in [4.69, 9.17) is 5.11 Å². The highest BCUT2D eigenvalue weighted by Crippen LogP contribution is 2.06. The Morgan fingerprint density at radius 3 is 2.64 bits per heavy atom. The summed E-state index contributed by atoms with van der Waals surface area (Å²) in [5.74, 6) is -0.922. The van der Waals surface area contributed by atoms with Crippen LogP contribution in [0.25, 0.3) is 0 Å². The Hall–Kier alpha value is -0.840. The molecule has 0 aromatic heterocycles. The second-order valence-corrected chi connectivity index (χ2v) is 2.11. The van der Waals surface area contributed by atoms with Gasteiger partial charge in [-0.15, -0.1) is 12.6 Å². The summed E-state index contributed by atoms with van der Waals surface area (Å²) < 4.78 is 4.62. The van der Waals surface area contributed by atoms with Gasteiger partial charge in [0.1, 0.15) is 4.91 Å². The Labute approximate surface area is 70.6 Å². The maximum atomic E-state index is 10.7. The zero-order chi connectivity index (χ0) is 8.85. The molecule has 5 heteroatoms. The molecule has 1 amide bonds. The number of likely N-dealkylation sites (N-methyl/N-ethyl adjacent to an activating group) is 1. The minimum atomic E-state index is -0.473. The Morgan fingerprint density at radius 1 is 1.73 bits per heavy atom. The van der Waals surface area contributed by atoms with Crippen LogP contribution in [-0.4, -0.2) is 24.7 Å². The molecule has 0 rings (SSSR count). The van der Waals surface area contributed by atoms with Gasteiger partial charge in [-0.1, -0.05) is 0 Å². The number of nitrogens with one attached hydrogen (secondary N) is 1. The van der Waals surface area contributed by atoms with Crippen LogP contribution >= 0.6 is 12.6 Å². The molecule has 0 atom stereocenters. The standard InChI is InChI=1S/C6H11NO3S/c1-3-10-6(9)4(11)5(8)7-2/h9,11H,3H2,1-2H3,(H,7,8). The molecule has 0 aliphatic heterocycles. The second kappa shape index (κ2) is 4.90. The number of hydrogen-bond acceptors (Lipinski definition) is 4. The van der Waals surface area contributed by atoms with Gasteiger partial charge < -0.3 is 15.2 Å². The molecule has 0 spiro atoms. The molecule has 0 saturated carbocycles. The van der Waals surface area contributed by atoms with Crippen molar-refractivity contribution >= 4 is 18.5 Å². The number of aliphatic hydroxyl groups is 1. The average Bonchev–Trinajstić information content (AvgIpc) is 2.02. The molecule has 0 aliphatic carbocycles. The van der Waals surface area contributed by atoms with Crippen LogP contribution in [0.1, 0.15) is 6.92 Å². The van der Waals surface area contributed by atoms with Crippen molar-refractivity contribution < 1.29 is 14.6 Å². The van der Waals surface area contributed by atoms with Crippen LogP contribution in [0.15, 0.2) is 10.9 Å². The van der Waals surface area contributed by atoms with E-state index in [1.165, 1.54) is 7.05 Å². The predicted molar refractivity (Wildman–Crippen MR) is 44.3 cm³/mol. The molecule has 0 fully saturated rings. The molecule has 0 aromatic rings. The van der Waals surface area contributed by atoms with Crippen LogP contribution in [0.2, 0.25) is 0 Å². The van der Waals surface area contributed by atoms with Crippen molar-refractivity contribution in [1.29, 1.82) is 0 Å². The summed E-state index contributed by atoms with van der Waals surface area (Å²) >= 11 is 3.73. The molecule has 0 aromatic carbocycles. The van der Waals surface area contributed by atoms with E-state index in [1.54, 1.807) is 6.92 Å². The van der Waals surface area contributed by atoms with E-state index in [9.17, 15) is 4.79 Å². The van der Waals surface area contributed by atoms with Gasteiger partial charge in [0.25, 0.3) is 11.9 Å². The van der Waals surface area contributed by atoms with Gasteiger partial charge in [-0.3, -0.25) is 4.79 Å². The number of thiol groups is 1. The van der Waals surface area contributed by atoms with E-state index in [0.29, 0.717) is 6.61 Å². The molecule has 2 N–H and O–H groups in total. The van der Waals surface area contributed by atoms with Gasteiger partial charge in [-0.2, -0.15) is 0 Å². The highest BCUT2D eigenvalue weighted by Gasteiger charge is 2.09. The van der Waals surface area contributed by atoms with Crippen LogP contribution in [-0.2, 0) is 9.53 Å². The SMILES string of the molecule is CCOC(O)=C(S)C(=O)NC. The summed E-state index contributed by atoms with van der Waals surface area (Å²) in [6.45, 7) is 1.99.